The molecule has 0 saturated carbocycles. The van der Waals surface area contributed by atoms with E-state index in [1.165, 1.54) is 0 Å². The molecule has 1 saturated heterocycles. The highest BCUT2D eigenvalue weighted by atomic mass is 16.4. The highest BCUT2D eigenvalue weighted by molar-refractivity contribution is 5.73. The quantitative estimate of drug-likeness (QED) is 0.760. The van der Waals surface area contributed by atoms with Crippen molar-refractivity contribution >= 4 is 5.97 Å². The minimum atomic E-state index is -0.745. The normalized spacial score (nSPS) is 22.0. The molecule has 1 rings (SSSR count). The molecule has 1 unspecified atom stereocenters. The van der Waals surface area contributed by atoms with Crippen molar-refractivity contribution in [3.05, 3.63) is 0 Å². The summed E-state index contributed by atoms with van der Waals surface area (Å²) in [5.74, 6) is -0.366. The summed E-state index contributed by atoms with van der Waals surface area (Å²) < 4.78 is 0. The molecule has 2 N–H and O–H groups in total. The first-order valence-corrected chi connectivity index (χ1v) is 5.97. The second kappa shape index (κ2) is 5.15. The maximum atomic E-state index is 11.0. The molecular weight excluding hydrogens is 206 g/mol. The number of carboxylic acid groups (broad SMARTS) is 1. The molecule has 1 aliphatic heterocycles. The van der Waals surface area contributed by atoms with Crippen LogP contribution < -0.4 is 0 Å². The molecule has 0 aliphatic carbocycles. The Morgan fingerprint density at radius 2 is 1.94 bits per heavy atom. The maximum Gasteiger partial charge on any atom is 0.310 e. The van der Waals surface area contributed by atoms with E-state index >= 15 is 0 Å². The Morgan fingerprint density at radius 1 is 1.44 bits per heavy atom. The molecule has 1 atom stereocenters. The Labute approximate surface area is 97.3 Å². The number of nitrogens with zero attached hydrogens (tertiary/aromatic N) is 1. The summed E-state index contributed by atoms with van der Waals surface area (Å²) in [5, 5.41) is 18.5. The van der Waals surface area contributed by atoms with Crippen molar-refractivity contribution in [2.45, 2.75) is 39.7 Å². The van der Waals surface area contributed by atoms with E-state index < -0.39 is 11.4 Å². The summed E-state index contributed by atoms with van der Waals surface area (Å²) in [6.07, 6.45) is 1.69. The number of piperidine rings is 1. The number of hydrogen-bond donors (Lipinski definition) is 2. The van der Waals surface area contributed by atoms with E-state index in [1.807, 2.05) is 6.92 Å². The van der Waals surface area contributed by atoms with E-state index in [0.29, 0.717) is 12.5 Å². The molecule has 0 aromatic carbocycles. The number of carbonyl (C=O) groups is 1. The highest BCUT2D eigenvalue weighted by Crippen LogP contribution is 2.24. The van der Waals surface area contributed by atoms with Crippen molar-refractivity contribution in [3.8, 4) is 0 Å². The SMILES string of the molecule is CC(O)C1CCN(CC(C)(C)C(=O)O)CC1. The predicted molar refractivity (Wildman–Crippen MR) is 62.3 cm³/mol. The monoisotopic (exact) mass is 229 g/mol. The van der Waals surface area contributed by atoms with Gasteiger partial charge in [-0.2, -0.15) is 0 Å². The fourth-order valence-corrected chi connectivity index (χ4v) is 2.22. The first kappa shape index (κ1) is 13.5. The first-order chi connectivity index (χ1) is 7.33. The lowest BCUT2D eigenvalue weighted by molar-refractivity contribution is -0.148. The smallest absolute Gasteiger partial charge is 0.310 e. The zero-order chi connectivity index (χ0) is 12.3. The van der Waals surface area contributed by atoms with Crippen LogP contribution in [0.2, 0.25) is 0 Å². The fraction of sp³-hybridized carbons (Fsp3) is 0.917. The molecule has 4 heteroatoms. The Balaban J connectivity index is 2.40. The van der Waals surface area contributed by atoms with Crippen LogP contribution in [-0.4, -0.2) is 46.8 Å². The summed E-state index contributed by atoms with van der Waals surface area (Å²) in [5.41, 5.74) is -0.683. The van der Waals surface area contributed by atoms with Gasteiger partial charge in [0, 0.05) is 6.54 Å². The number of aliphatic hydroxyl groups is 1. The van der Waals surface area contributed by atoms with Gasteiger partial charge >= 0.3 is 5.97 Å². The van der Waals surface area contributed by atoms with Gasteiger partial charge in [0.05, 0.1) is 11.5 Å². The van der Waals surface area contributed by atoms with E-state index in [4.69, 9.17) is 5.11 Å². The van der Waals surface area contributed by atoms with E-state index in [2.05, 4.69) is 4.90 Å². The van der Waals surface area contributed by atoms with Gasteiger partial charge in [-0.05, 0) is 52.6 Å². The molecule has 16 heavy (non-hydrogen) atoms. The first-order valence-electron chi connectivity index (χ1n) is 5.97. The molecule has 4 nitrogen and oxygen atoms in total. The summed E-state index contributed by atoms with van der Waals surface area (Å²) in [6, 6.07) is 0. The molecule has 0 aromatic heterocycles. The van der Waals surface area contributed by atoms with Gasteiger partial charge in [-0.3, -0.25) is 4.79 Å². The van der Waals surface area contributed by atoms with Crippen LogP contribution in [0.4, 0.5) is 0 Å². The van der Waals surface area contributed by atoms with Crippen LogP contribution in [0.25, 0.3) is 0 Å². The second-order valence-electron chi connectivity index (χ2n) is 5.54. The third kappa shape index (κ3) is 3.46. The van der Waals surface area contributed by atoms with Crippen molar-refractivity contribution in [1.29, 1.82) is 0 Å². The lowest BCUT2D eigenvalue weighted by Gasteiger charge is -2.36. The number of aliphatic hydroxyl groups excluding tert-OH is 1. The van der Waals surface area contributed by atoms with Gasteiger partial charge in [0.25, 0.3) is 0 Å². The van der Waals surface area contributed by atoms with Crippen LogP contribution in [0.3, 0.4) is 0 Å². The van der Waals surface area contributed by atoms with E-state index in [-0.39, 0.29) is 6.10 Å². The number of hydrogen-bond acceptors (Lipinski definition) is 3. The van der Waals surface area contributed by atoms with Crippen LogP contribution >= 0.6 is 0 Å². The van der Waals surface area contributed by atoms with Gasteiger partial charge in [-0.25, -0.2) is 0 Å². The number of carboxylic acids is 1. The van der Waals surface area contributed by atoms with Gasteiger partial charge in [0.15, 0.2) is 0 Å². The van der Waals surface area contributed by atoms with Crippen LogP contribution in [0.5, 0.6) is 0 Å². The summed E-state index contributed by atoms with van der Waals surface area (Å²) in [6.45, 7) is 7.74. The maximum absolute atomic E-state index is 11.0. The zero-order valence-electron chi connectivity index (χ0n) is 10.4. The van der Waals surface area contributed by atoms with Crippen molar-refractivity contribution in [1.82, 2.24) is 4.90 Å². The molecule has 0 bridgehead atoms. The Kier molecular flexibility index (Phi) is 4.33. The standard InChI is InChI=1S/C12H23NO3/c1-9(14)10-4-6-13(7-5-10)8-12(2,3)11(15)16/h9-10,14H,4-8H2,1-3H3,(H,15,16). The average Bonchev–Trinajstić information content (AvgIpc) is 2.17. The van der Waals surface area contributed by atoms with Crippen molar-refractivity contribution in [2.24, 2.45) is 11.3 Å². The van der Waals surface area contributed by atoms with Gasteiger partial charge in [0.2, 0.25) is 0 Å². The van der Waals surface area contributed by atoms with Crippen molar-refractivity contribution in [3.63, 3.8) is 0 Å². The summed E-state index contributed by atoms with van der Waals surface area (Å²) in [4.78, 5) is 13.2. The number of rotatable bonds is 4. The van der Waals surface area contributed by atoms with E-state index in [1.54, 1.807) is 13.8 Å². The Hall–Kier alpha value is -0.610. The summed E-state index contributed by atoms with van der Waals surface area (Å²) in [7, 11) is 0. The van der Waals surface area contributed by atoms with Crippen LogP contribution in [-0.2, 0) is 4.79 Å². The van der Waals surface area contributed by atoms with E-state index in [0.717, 1.165) is 25.9 Å². The fourth-order valence-electron chi connectivity index (χ4n) is 2.22. The molecule has 0 spiro atoms. The zero-order valence-corrected chi connectivity index (χ0v) is 10.4. The molecular formula is C12H23NO3. The highest BCUT2D eigenvalue weighted by Gasteiger charge is 2.32. The number of likely N-dealkylation sites (tertiary alicyclic amines) is 1. The topological polar surface area (TPSA) is 60.8 Å². The lowest BCUT2D eigenvalue weighted by atomic mass is 9.88. The van der Waals surface area contributed by atoms with E-state index in [9.17, 15) is 9.90 Å². The Bertz CT molecular complexity index is 243. The average molecular weight is 229 g/mol. The largest absolute Gasteiger partial charge is 0.481 e. The van der Waals surface area contributed by atoms with Gasteiger partial charge in [-0.1, -0.05) is 0 Å². The van der Waals surface area contributed by atoms with Crippen LogP contribution in [0.1, 0.15) is 33.6 Å². The summed E-state index contributed by atoms with van der Waals surface area (Å²) >= 11 is 0. The Morgan fingerprint density at radius 3 is 2.31 bits per heavy atom. The third-order valence-corrected chi connectivity index (χ3v) is 3.51. The van der Waals surface area contributed by atoms with Gasteiger partial charge < -0.3 is 15.1 Å². The lowest BCUT2D eigenvalue weighted by Crippen LogP contribution is -2.44. The molecule has 94 valence electrons. The molecule has 1 heterocycles. The third-order valence-electron chi connectivity index (χ3n) is 3.51. The molecule has 1 aliphatic rings. The van der Waals surface area contributed by atoms with Gasteiger partial charge in [-0.15, -0.1) is 0 Å². The van der Waals surface area contributed by atoms with Crippen LogP contribution in [0.15, 0.2) is 0 Å². The number of aliphatic carboxylic acids is 1. The minimum absolute atomic E-state index is 0.241. The van der Waals surface area contributed by atoms with Crippen molar-refractivity contribution in [2.75, 3.05) is 19.6 Å². The molecule has 0 amide bonds. The molecule has 0 radical (unpaired) electrons. The molecule has 0 aromatic rings. The van der Waals surface area contributed by atoms with Crippen LogP contribution in [0, 0.1) is 11.3 Å². The second-order valence-corrected chi connectivity index (χ2v) is 5.54. The molecule has 1 fully saturated rings. The minimum Gasteiger partial charge on any atom is -0.481 e. The predicted octanol–water partition coefficient (Wildman–Crippen LogP) is 1.19. The van der Waals surface area contributed by atoms with Crippen molar-refractivity contribution < 1.29 is 15.0 Å². The van der Waals surface area contributed by atoms with Gasteiger partial charge in [0.1, 0.15) is 0 Å².